The number of sulfonamides is 1. The molecule has 0 spiro atoms. The van der Waals surface area contributed by atoms with Crippen LogP contribution in [0.15, 0.2) is 77.7 Å². The molecule has 0 fully saturated rings. The predicted octanol–water partition coefficient (Wildman–Crippen LogP) is 5.00. The van der Waals surface area contributed by atoms with Crippen LogP contribution in [0.3, 0.4) is 0 Å². The van der Waals surface area contributed by atoms with E-state index in [1.807, 2.05) is 71.0 Å². The zero-order valence-electron chi connectivity index (χ0n) is 23.6. The summed E-state index contributed by atoms with van der Waals surface area (Å²) in [6.07, 6.45) is 0. The number of benzene rings is 3. The highest BCUT2D eigenvalue weighted by atomic mass is 32.2. The molecule has 0 radical (unpaired) electrons. The van der Waals surface area contributed by atoms with Crippen LogP contribution in [0, 0.1) is 26.7 Å². The summed E-state index contributed by atoms with van der Waals surface area (Å²) in [5.74, 6) is -0.509. The summed E-state index contributed by atoms with van der Waals surface area (Å²) in [6, 6.07) is 20.5. The Balaban J connectivity index is 2.00. The molecule has 2 amide bonds. The lowest BCUT2D eigenvalue weighted by Crippen LogP contribution is -2.51. The van der Waals surface area contributed by atoms with Crippen LogP contribution in [-0.2, 0) is 26.2 Å². The zero-order valence-corrected chi connectivity index (χ0v) is 24.5. The fourth-order valence-electron chi connectivity index (χ4n) is 4.00. The summed E-state index contributed by atoms with van der Waals surface area (Å²) >= 11 is 0. The number of hydrogen-bond donors (Lipinski definition) is 1. The molecule has 1 atom stereocenters. The first-order valence-electron chi connectivity index (χ1n) is 13.2. The minimum Gasteiger partial charge on any atom is -0.354 e. The molecule has 208 valence electrons. The standard InChI is InChI=1S/C31H39N3O4S/c1-22(2)19-32-31(36)26(6)33(20-27-13-7-23(3)8-14-27)30(35)21-34(28-15-9-24(4)10-16-28)39(37,38)29-17-11-25(5)12-18-29/h7-18,22,26H,19-21H2,1-6H3,(H,32,36). The van der Waals surface area contributed by atoms with Crippen molar-refractivity contribution < 1.29 is 18.0 Å². The summed E-state index contributed by atoms with van der Waals surface area (Å²) in [7, 11) is -4.07. The van der Waals surface area contributed by atoms with Crippen LogP contribution < -0.4 is 9.62 Å². The lowest BCUT2D eigenvalue weighted by Gasteiger charge is -2.32. The smallest absolute Gasteiger partial charge is 0.264 e. The second-order valence-electron chi connectivity index (χ2n) is 10.5. The lowest BCUT2D eigenvalue weighted by atomic mass is 10.1. The van der Waals surface area contributed by atoms with Crippen LogP contribution in [0.25, 0.3) is 0 Å². The van der Waals surface area contributed by atoms with Crippen LogP contribution in [-0.4, -0.2) is 44.3 Å². The fourth-order valence-corrected chi connectivity index (χ4v) is 5.42. The second kappa shape index (κ2) is 12.9. The fraction of sp³-hybridized carbons (Fsp3) is 0.355. The van der Waals surface area contributed by atoms with Gasteiger partial charge in [0.15, 0.2) is 0 Å². The normalized spacial score (nSPS) is 12.2. The second-order valence-corrected chi connectivity index (χ2v) is 12.3. The number of amides is 2. The molecule has 0 aliphatic rings. The van der Waals surface area contributed by atoms with Crippen molar-refractivity contribution in [3.05, 3.63) is 95.1 Å². The van der Waals surface area contributed by atoms with E-state index < -0.39 is 28.5 Å². The summed E-state index contributed by atoms with van der Waals surface area (Å²) < 4.78 is 28.8. The largest absolute Gasteiger partial charge is 0.354 e. The molecule has 39 heavy (non-hydrogen) atoms. The molecule has 3 rings (SSSR count). The van der Waals surface area contributed by atoms with Crippen molar-refractivity contribution >= 4 is 27.5 Å². The van der Waals surface area contributed by atoms with E-state index in [-0.39, 0.29) is 23.3 Å². The predicted molar refractivity (Wildman–Crippen MR) is 156 cm³/mol. The maximum absolute atomic E-state index is 13.9. The Morgan fingerprint density at radius 3 is 1.77 bits per heavy atom. The first kappa shape index (κ1) is 29.9. The van der Waals surface area contributed by atoms with Gasteiger partial charge in [-0.25, -0.2) is 8.42 Å². The van der Waals surface area contributed by atoms with Gasteiger partial charge in [0.2, 0.25) is 11.8 Å². The van der Waals surface area contributed by atoms with Crippen molar-refractivity contribution in [1.29, 1.82) is 0 Å². The highest BCUT2D eigenvalue weighted by Crippen LogP contribution is 2.25. The molecule has 1 N–H and O–H groups in total. The van der Waals surface area contributed by atoms with Gasteiger partial charge in [-0.2, -0.15) is 0 Å². The zero-order chi connectivity index (χ0) is 28.7. The number of carbonyl (C=O) groups is 2. The molecule has 0 aliphatic carbocycles. The topological polar surface area (TPSA) is 86.8 Å². The van der Waals surface area contributed by atoms with Gasteiger partial charge in [0.1, 0.15) is 12.6 Å². The van der Waals surface area contributed by atoms with E-state index >= 15 is 0 Å². The molecule has 3 aromatic rings. The van der Waals surface area contributed by atoms with E-state index in [0.29, 0.717) is 12.2 Å². The first-order valence-corrected chi connectivity index (χ1v) is 14.6. The van der Waals surface area contributed by atoms with Gasteiger partial charge < -0.3 is 10.2 Å². The van der Waals surface area contributed by atoms with E-state index in [4.69, 9.17) is 0 Å². The van der Waals surface area contributed by atoms with Crippen molar-refractivity contribution in [2.75, 3.05) is 17.4 Å². The van der Waals surface area contributed by atoms with Crippen LogP contribution in [0.1, 0.15) is 43.0 Å². The number of nitrogens with zero attached hydrogens (tertiary/aromatic N) is 2. The Bertz CT molecular complexity index is 1370. The minimum absolute atomic E-state index is 0.0919. The van der Waals surface area contributed by atoms with E-state index in [2.05, 4.69) is 5.32 Å². The van der Waals surface area contributed by atoms with E-state index in [1.54, 1.807) is 43.3 Å². The molecule has 8 heteroatoms. The third kappa shape index (κ3) is 7.93. The molecule has 0 bridgehead atoms. The Morgan fingerprint density at radius 2 is 1.26 bits per heavy atom. The molecule has 0 saturated heterocycles. The number of rotatable bonds is 11. The van der Waals surface area contributed by atoms with Crippen LogP contribution >= 0.6 is 0 Å². The molecule has 0 saturated carbocycles. The van der Waals surface area contributed by atoms with Gasteiger partial charge in [-0.05, 0) is 63.4 Å². The van der Waals surface area contributed by atoms with Gasteiger partial charge in [-0.3, -0.25) is 13.9 Å². The van der Waals surface area contributed by atoms with Gasteiger partial charge >= 0.3 is 0 Å². The number of anilines is 1. The summed E-state index contributed by atoms with van der Waals surface area (Å²) in [4.78, 5) is 28.5. The van der Waals surface area contributed by atoms with Crippen LogP contribution in [0.5, 0.6) is 0 Å². The first-order chi connectivity index (χ1) is 18.4. The van der Waals surface area contributed by atoms with Gasteiger partial charge in [0, 0.05) is 13.1 Å². The van der Waals surface area contributed by atoms with E-state index in [1.165, 1.54) is 4.90 Å². The van der Waals surface area contributed by atoms with Crippen LogP contribution in [0.2, 0.25) is 0 Å². The highest BCUT2D eigenvalue weighted by molar-refractivity contribution is 7.92. The highest BCUT2D eigenvalue weighted by Gasteiger charge is 2.32. The molecular weight excluding hydrogens is 510 g/mol. The van der Waals surface area contributed by atoms with E-state index in [0.717, 1.165) is 26.6 Å². The maximum atomic E-state index is 13.9. The van der Waals surface area contributed by atoms with Gasteiger partial charge in [-0.15, -0.1) is 0 Å². The molecule has 0 heterocycles. The molecule has 0 aromatic heterocycles. The number of aryl methyl sites for hydroxylation is 3. The third-order valence-electron chi connectivity index (χ3n) is 6.54. The van der Waals surface area contributed by atoms with Gasteiger partial charge in [-0.1, -0.05) is 79.1 Å². The monoisotopic (exact) mass is 549 g/mol. The number of hydrogen-bond acceptors (Lipinski definition) is 4. The Morgan fingerprint density at radius 1 is 0.769 bits per heavy atom. The molecule has 0 aliphatic heterocycles. The molecule has 3 aromatic carbocycles. The Labute approximate surface area is 232 Å². The number of carbonyl (C=O) groups excluding carboxylic acids is 2. The van der Waals surface area contributed by atoms with E-state index in [9.17, 15) is 18.0 Å². The summed E-state index contributed by atoms with van der Waals surface area (Å²) in [5.41, 5.74) is 4.20. The quantitative estimate of drug-likeness (QED) is 0.365. The molecular formula is C31H39N3O4S. The maximum Gasteiger partial charge on any atom is 0.264 e. The van der Waals surface area contributed by atoms with Gasteiger partial charge in [0.05, 0.1) is 10.6 Å². The SMILES string of the molecule is Cc1ccc(CN(C(=O)CN(c2ccc(C)cc2)S(=O)(=O)c2ccc(C)cc2)C(C)C(=O)NCC(C)C)cc1. The Hall–Kier alpha value is -3.65. The average molecular weight is 550 g/mol. The average Bonchev–Trinajstić information content (AvgIpc) is 2.90. The lowest BCUT2D eigenvalue weighted by molar-refractivity contribution is -0.139. The number of nitrogens with one attached hydrogen (secondary N) is 1. The van der Waals surface area contributed by atoms with Crippen molar-refractivity contribution in [2.45, 2.75) is 59.0 Å². The van der Waals surface area contributed by atoms with Crippen molar-refractivity contribution in [3.63, 3.8) is 0 Å². The van der Waals surface area contributed by atoms with Gasteiger partial charge in [0.25, 0.3) is 10.0 Å². The third-order valence-corrected chi connectivity index (χ3v) is 8.32. The molecule has 1 unspecified atom stereocenters. The van der Waals surface area contributed by atoms with Crippen molar-refractivity contribution in [2.24, 2.45) is 5.92 Å². The summed E-state index contributed by atoms with van der Waals surface area (Å²) in [6.45, 7) is 11.6. The minimum atomic E-state index is -4.07. The Kier molecular flexibility index (Phi) is 9.92. The molecule has 7 nitrogen and oxygen atoms in total. The van der Waals surface area contributed by atoms with Crippen molar-refractivity contribution in [1.82, 2.24) is 10.2 Å². The van der Waals surface area contributed by atoms with Crippen molar-refractivity contribution in [3.8, 4) is 0 Å². The summed E-state index contributed by atoms with van der Waals surface area (Å²) in [5, 5.41) is 2.90. The van der Waals surface area contributed by atoms with Crippen LogP contribution in [0.4, 0.5) is 5.69 Å².